The minimum atomic E-state index is -4.52. The molecule has 0 saturated carbocycles. The summed E-state index contributed by atoms with van der Waals surface area (Å²) in [6, 6.07) is 1.51. The third kappa shape index (κ3) is 3.02. The van der Waals surface area contributed by atoms with E-state index in [9.17, 15) is 13.2 Å². The molecule has 1 unspecified atom stereocenters. The number of aromatic nitrogens is 1. The van der Waals surface area contributed by atoms with Crippen molar-refractivity contribution in [1.82, 2.24) is 4.98 Å². The highest BCUT2D eigenvalue weighted by molar-refractivity contribution is 6.00. The largest absolute Gasteiger partial charge is 0.464 e. The van der Waals surface area contributed by atoms with Gasteiger partial charge in [0.05, 0.1) is 5.56 Å². The molecule has 0 aliphatic heterocycles. The van der Waals surface area contributed by atoms with Crippen LogP contribution in [0.25, 0.3) is 0 Å². The van der Waals surface area contributed by atoms with Gasteiger partial charge >= 0.3 is 6.18 Å². The fourth-order valence-corrected chi connectivity index (χ4v) is 1.22. The molecule has 0 amide bonds. The molecular weight excluding hydrogens is 251 g/mol. The van der Waals surface area contributed by atoms with Crippen LogP contribution in [-0.2, 0) is 0 Å². The van der Waals surface area contributed by atoms with Gasteiger partial charge in [-0.25, -0.2) is 4.98 Å². The molecule has 18 heavy (non-hydrogen) atoms. The summed E-state index contributed by atoms with van der Waals surface area (Å²) in [4.78, 5) is 3.67. The van der Waals surface area contributed by atoms with E-state index in [2.05, 4.69) is 10.1 Å². The van der Waals surface area contributed by atoms with Crippen molar-refractivity contribution in [3.05, 3.63) is 23.4 Å². The molecule has 1 aromatic heterocycles. The Morgan fingerprint density at radius 3 is 2.67 bits per heavy atom. The topological polar surface area (TPSA) is 80.7 Å². The normalized spacial score (nSPS) is 14.4. The summed E-state index contributed by atoms with van der Waals surface area (Å²) in [6.45, 7) is 2.43. The van der Waals surface area contributed by atoms with E-state index < -0.39 is 12.3 Å². The molecule has 0 radical (unpaired) electrons. The van der Waals surface area contributed by atoms with E-state index >= 15 is 0 Å². The zero-order valence-electron chi connectivity index (χ0n) is 9.69. The second-order valence-corrected chi connectivity index (χ2v) is 3.59. The summed E-state index contributed by atoms with van der Waals surface area (Å²) < 4.78 is 41.9. The van der Waals surface area contributed by atoms with Gasteiger partial charge in [-0.3, -0.25) is 0 Å². The molecule has 0 spiro atoms. The minimum absolute atomic E-state index is 0.0381. The van der Waals surface area contributed by atoms with E-state index in [1.807, 2.05) is 0 Å². The van der Waals surface area contributed by atoms with Crippen molar-refractivity contribution in [2.24, 2.45) is 10.9 Å². The van der Waals surface area contributed by atoms with E-state index in [1.54, 1.807) is 6.92 Å². The van der Waals surface area contributed by atoms with Crippen molar-refractivity contribution in [3.63, 3.8) is 0 Å². The minimum Gasteiger partial charge on any atom is -0.464 e. The van der Waals surface area contributed by atoms with Crippen LogP contribution in [0.5, 0.6) is 5.88 Å². The first kappa shape index (κ1) is 14.1. The average molecular weight is 263 g/mol. The van der Waals surface area contributed by atoms with Gasteiger partial charge in [-0.05, 0) is 25.5 Å². The number of alkyl halides is 3. The van der Waals surface area contributed by atoms with Gasteiger partial charge < -0.3 is 15.7 Å². The fraction of sp³-hybridized carbons (Fsp3) is 0.400. The standard InChI is InChI=1S/C10H12F3N3O2/c1-5-3-4-15-9(7(5)8(14)16-17)18-6(2)10(11,12)13/h3-4,6,17H,1-2H3,(H2,14,16). The number of amidine groups is 1. The van der Waals surface area contributed by atoms with E-state index in [4.69, 9.17) is 15.7 Å². The van der Waals surface area contributed by atoms with Crippen molar-refractivity contribution >= 4 is 5.84 Å². The van der Waals surface area contributed by atoms with Gasteiger partial charge in [-0.1, -0.05) is 5.16 Å². The number of hydrogen-bond donors (Lipinski definition) is 2. The highest BCUT2D eigenvalue weighted by Crippen LogP contribution is 2.26. The van der Waals surface area contributed by atoms with Crippen molar-refractivity contribution in [2.45, 2.75) is 26.1 Å². The molecular formula is C10H12F3N3O2. The van der Waals surface area contributed by atoms with Crippen LogP contribution >= 0.6 is 0 Å². The Balaban J connectivity index is 3.14. The van der Waals surface area contributed by atoms with E-state index in [1.165, 1.54) is 12.3 Å². The van der Waals surface area contributed by atoms with Crippen molar-refractivity contribution < 1.29 is 23.1 Å². The summed E-state index contributed by atoms with van der Waals surface area (Å²) in [5.74, 6) is -0.680. The summed E-state index contributed by atoms with van der Waals surface area (Å²) >= 11 is 0. The first-order chi connectivity index (χ1) is 8.27. The lowest BCUT2D eigenvalue weighted by Crippen LogP contribution is -2.32. The average Bonchev–Trinajstić information content (AvgIpc) is 2.27. The molecule has 100 valence electrons. The molecule has 0 saturated heterocycles. The maximum atomic E-state index is 12.4. The fourth-order valence-electron chi connectivity index (χ4n) is 1.22. The first-order valence-corrected chi connectivity index (χ1v) is 4.94. The highest BCUT2D eigenvalue weighted by Gasteiger charge is 2.38. The lowest BCUT2D eigenvalue weighted by atomic mass is 10.1. The number of nitrogens with zero attached hydrogens (tertiary/aromatic N) is 2. The summed E-state index contributed by atoms with van der Waals surface area (Å²) in [7, 11) is 0. The van der Waals surface area contributed by atoms with Crippen molar-refractivity contribution in [2.75, 3.05) is 0 Å². The van der Waals surface area contributed by atoms with Crippen molar-refractivity contribution in [1.29, 1.82) is 0 Å². The number of aryl methyl sites for hydroxylation is 1. The van der Waals surface area contributed by atoms with Crippen LogP contribution < -0.4 is 10.5 Å². The number of pyridine rings is 1. The number of nitrogens with two attached hydrogens (primary N) is 1. The highest BCUT2D eigenvalue weighted by atomic mass is 19.4. The van der Waals surface area contributed by atoms with Gasteiger partial charge in [-0.15, -0.1) is 0 Å². The molecule has 8 heteroatoms. The Morgan fingerprint density at radius 2 is 2.17 bits per heavy atom. The van der Waals surface area contributed by atoms with Crippen molar-refractivity contribution in [3.8, 4) is 5.88 Å². The predicted octanol–water partition coefficient (Wildman–Crippen LogP) is 1.81. The van der Waals surface area contributed by atoms with Crippen LogP contribution in [0, 0.1) is 6.92 Å². The molecule has 0 bridgehead atoms. The number of ether oxygens (including phenoxy) is 1. The molecule has 0 aliphatic rings. The summed E-state index contributed by atoms with van der Waals surface area (Å²) in [5.41, 5.74) is 5.91. The third-order valence-electron chi connectivity index (χ3n) is 2.24. The van der Waals surface area contributed by atoms with Crippen LogP contribution in [0.2, 0.25) is 0 Å². The maximum Gasteiger partial charge on any atom is 0.425 e. The van der Waals surface area contributed by atoms with Gasteiger partial charge in [0.15, 0.2) is 11.9 Å². The molecule has 0 fully saturated rings. The monoisotopic (exact) mass is 263 g/mol. The Bertz CT molecular complexity index is 460. The Kier molecular flexibility index (Phi) is 4.00. The lowest BCUT2D eigenvalue weighted by Gasteiger charge is -2.19. The molecule has 5 nitrogen and oxygen atoms in total. The van der Waals surface area contributed by atoms with Gasteiger partial charge in [0, 0.05) is 6.20 Å². The lowest BCUT2D eigenvalue weighted by molar-refractivity contribution is -0.190. The Morgan fingerprint density at radius 1 is 1.56 bits per heavy atom. The molecule has 0 aromatic carbocycles. The van der Waals surface area contributed by atoms with Gasteiger partial charge in [0.25, 0.3) is 0 Å². The second-order valence-electron chi connectivity index (χ2n) is 3.59. The predicted molar refractivity (Wildman–Crippen MR) is 57.6 cm³/mol. The van der Waals surface area contributed by atoms with Gasteiger partial charge in [-0.2, -0.15) is 13.2 Å². The zero-order chi connectivity index (χ0) is 13.9. The van der Waals surface area contributed by atoms with E-state index in [-0.39, 0.29) is 17.3 Å². The van der Waals surface area contributed by atoms with Crippen LogP contribution in [-0.4, -0.2) is 28.3 Å². The number of halogens is 3. The van der Waals surface area contributed by atoms with E-state index in [0.29, 0.717) is 5.56 Å². The second kappa shape index (κ2) is 5.11. The van der Waals surface area contributed by atoms with Crippen LogP contribution in [0.3, 0.4) is 0 Å². The molecule has 1 atom stereocenters. The maximum absolute atomic E-state index is 12.4. The van der Waals surface area contributed by atoms with Crippen LogP contribution in [0.4, 0.5) is 13.2 Å². The number of oxime groups is 1. The Labute approximate surface area is 101 Å². The molecule has 3 N–H and O–H groups in total. The summed E-state index contributed by atoms with van der Waals surface area (Å²) in [6.07, 6.45) is -5.28. The first-order valence-electron chi connectivity index (χ1n) is 4.94. The third-order valence-corrected chi connectivity index (χ3v) is 2.24. The number of rotatable bonds is 3. The number of hydrogen-bond acceptors (Lipinski definition) is 4. The van der Waals surface area contributed by atoms with Crippen LogP contribution in [0.1, 0.15) is 18.1 Å². The molecule has 1 rings (SSSR count). The summed E-state index contributed by atoms with van der Waals surface area (Å²) in [5, 5.41) is 11.3. The van der Waals surface area contributed by atoms with Gasteiger partial charge in [0.1, 0.15) is 0 Å². The Hall–Kier alpha value is -1.99. The molecule has 0 aliphatic carbocycles. The van der Waals surface area contributed by atoms with E-state index in [0.717, 1.165) is 6.92 Å². The molecule has 1 aromatic rings. The molecule has 1 heterocycles. The van der Waals surface area contributed by atoms with Crippen LogP contribution in [0.15, 0.2) is 17.4 Å². The smallest absolute Gasteiger partial charge is 0.425 e. The zero-order valence-corrected chi connectivity index (χ0v) is 9.69. The SMILES string of the molecule is Cc1ccnc(OC(C)C(F)(F)F)c1/C(N)=N/O. The van der Waals surface area contributed by atoms with Gasteiger partial charge in [0.2, 0.25) is 5.88 Å². The quantitative estimate of drug-likeness (QED) is 0.377.